The first kappa shape index (κ1) is 39.8. The number of rotatable bonds is 14. The Morgan fingerprint density at radius 3 is 2.43 bits per heavy atom. The standard InChI is InChI=1S/C37H50ClN5O10S/c1-7-21-19-37(21,33(46)42-54(48,49)53-36(6)15-16-36)41-31(44)26-17-23(51-27-18-28(50-8-2)39-29-24(27)13-10-14-25(29)38)20-43(26)32(45)30(35(3,4)5)40-34(47)52-22-11-9-12-22/h10,13-14,18,21-23,26,30H,7-9,11-12,15-17,19-20H2,1-6H3,(H,40,47)(H,41,44)(H,42,46)/t21-,23-,26?,30-,37-/m1/s1. The number of pyridine rings is 1. The molecule has 6 rings (SSSR count). The Hall–Kier alpha value is -3.89. The molecule has 296 valence electrons. The summed E-state index contributed by atoms with van der Waals surface area (Å²) in [6.45, 7) is 10.9. The number of amides is 4. The molecule has 5 atom stereocenters. The van der Waals surface area contributed by atoms with E-state index in [1.165, 1.54) is 4.90 Å². The zero-order valence-electron chi connectivity index (χ0n) is 31.5. The Labute approximate surface area is 320 Å². The predicted octanol–water partition coefficient (Wildman–Crippen LogP) is 4.54. The van der Waals surface area contributed by atoms with Crippen LogP contribution in [0.25, 0.3) is 10.9 Å². The smallest absolute Gasteiger partial charge is 0.408 e. The molecule has 1 aliphatic heterocycles. The molecular weight excluding hydrogens is 742 g/mol. The molecule has 1 aromatic heterocycles. The highest BCUT2D eigenvalue weighted by Crippen LogP contribution is 2.47. The maximum atomic E-state index is 14.6. The minimum atomic E-state index is -4.46. The van der Waals surface area contributed by atoms with E-state index in [2.05, 4.69) is 15.6 Å². The highest BCUT2D eigenvalue weighted by molar-refractivity contribution is 7.85. The Morgan fingerprint density at radius 2 is 1.83 bits per heavy atom. The van der Waals surface area contributed by atoms with E-state index >= 15 is 0 Å². The number of nitrogens with zero attached hydrogens (tertiary/aromatic N) is 2. The number of ether oxygens (including phenoxy) is 3. The molecule has 4 fully saturated rings. The third-order valence-electron chi connectivity index (χ3n) is 10.7. The monoisotopic (exact) mass is 791 g/mol. The fourth-order valence-electron chi connectivity index (χ4n) is 7.00. The first-order valence-corrected chi connectivity index (χ1v) is 20.4. The number of hydrogen-bond acceptors (Lipinski definition) is 11. The lowest BCUT2D eigenvalue weighted by Crippen LogP contribution is -2.60. The number of alkyl carbamates (subject to hydrolysis) is 1. The number of halogens is 1. The van der Waals surface area contributed by atoms with Crippen LogP contribution in [0.3, 0.4) is 0 Å². The summed E-state index contributed by atoms with van der Waals surface area (Å²) in [6, 6.07) is 4.59. The van der Waals surface area contributed by atoms with Crippen LogP contribution in [0.4, 0.5) is 4.79 Å². The minimum Gasteiger partial charge on any atom is -0.488 e. The van der Waals surface area contributed by atoms with Gasteiger partial charge in [0.2, 0.25) is 17.7 Å². The second-order valence-corrected chi connectivity index (χ2v) is 17.8. The number of para-hydroxylation sites is 1. The molecule has 4 amide bonds. The SMILES string of the molecule is CCOc1cc(O[C@@H]2CC(C(=O)N[C@]3(C(=O)NS(=O)(=O)OC4(C)CC4)C[C@H]3CC)N(C(=O)[C@@H](NC(=O)OC3CCC3)C(C)(C)C)C2)c2cccc(Cl)c2n1. The van der Waals surface area contributed by atoms with Gasteiger partial charge in [0, 0.05) is 17.9 Å². The Morgan fingerprint density at radius 1 is 1.11 bits per heavy atom. The predicted molar refractivity (Wildman–Crippen MR) is 198 cm³/mol. The zero-order chi connectivity index (χ0) is 39.2. The summed E-state index contributed by atoms with van der Waals surface area (Å²) >= 11 is 6.50. The summed E-state index contributed by atoms with van der Waals surface area (Å²) in [5.74, 6) is -1.84. The molecule has 1 unspecified atom stereocenters. The summed E-state index contributed by atoms with van der Waals surface area (Å²) in [5.41, 5.74) is -2.77. The normalized spacial score (nSPS) is 25.2. The van der Waals surface area contributed by atoms with Gasteiger partial charge in [-0.05, 0) is 75.8 Å². The van der Waals surface area contributed by atoms with Crippen molar-refractivity contribution < 1.29 is 46.0 Å². The first-order valence-electron chi connectivity index (χ1n) is 18.6. The van der Waals surface area contributed by atoms with Crippen molar-refractivity contribution in [1.29, 1.82) is 0 Å². The third kappa shape index (κ3) is 8.65. The Balaban J connectivity index is 1.29. The van der Waals surface area contributed by atoms with Gasteiger partial charge in [-0.25, -0.2) is 18.7 Å². The maximum Gasteiger partial charge on any atom is 0.408 e. The summed E-state index contributed by atoms with van der Waals surface area (Å²) in [4.78, 5) is 61.4. The molecule has 0 bridgehead atoms. The minimum absolute atomic E-state index is 0.00353. The molecule has 15 nitrogen and oxygen atoms in total. The number of aromatic nitrogens is 1. The molecule has 3 saturated carbocycles. The number of carbonyl (C=O) groups is 4. The van der Waals surface area contributed by atoms with Crippen molar-refractivity contribution in [3.05, 3.63) is 29.3 Å². The van der Waals surface area contributed by atoms with E-state index in [4.69, 9.17) is 30.0 Å². The Bertz CT molecular complexity index is 1910. The summed E-state index contributed by atoms with van der Waals surface area (Å²) in [6.07, 6.45) is 2.49. The van der Waals surface area contributed by atoms with Gasteiger partial charge < -0.3 is 29.7 Å². The summed E-state index contributed by atoms with van der Waals surface area (Å²) in [7, 11) is -4.46. The van der Waals surface area contributed by atoms with Gasteiger partial charge in [-0.1, -0.05) is 51.8 Å². The van der Waals surface area contributed by atoms with Crippen LogP contribution in [0.5, 0.6) is 11.6 Å². The van der Waals surface area contributed by atoms with E-state index in [9.17, 15) is 27.6 Å². The average molecular weight is 792 g/mol. The molecule has 17 heteroatoms. The molecule has 2 heterocycles. The van der Waals surface area contributed by atoms with Gasteiger partial charge in [0.25, 0.3) is 5.91 Å². The zero-order valence-corrected chi connectivity index (χ0v) is 33.1. The van der Waals surface area contributed by atoms with Crippen LogP contribution < -0.4 is 24.8 Å². The molecule has 54 heavy (non-hydrogen) atoms. The topological polar surface area (TPSA) is 192 Å². The average Bonchev–Trinajstić information content (AvgIpc) is 3.93. The highest BCUT2D eigenvalue weighted by Gasteiger charge is 2.62. The van der Waals surface area contributed by atoms with Crippen LogP contribution in [-0.4, -0.2) is 90.7 Å². The fourth-order valence-corrected chi connectivity index (χ4v) is 8.37. The number of hydrogen-bond donors (Lipinski definition) is 3. The van der Waals surface area contributed by atoms with Gasteiger partial charge in [0.05, 0.1) is 29.3 Å². The van der Waals surface area contributed by atoms with Crippen molar-refractivity contribution in [2.75, 3.05) is 13.2 Å². The molecular formula is C37H50ClN5O10S. The number of fused-ring (bicyclic) bond motifs is 1. The van der Waals surface area contributed by atoms with Crippen molar-refractivity contribution in [2.45, 2.75) is 128 Å². The van der Waals surface area contributed by atoms with E-state index in [-0.39, 0.29) is 37.3 Å². The lowest BCUT2D eigenvalue weighted by molar-refractivity contribution is -0.143. The summed E-state index contributed by atoms with van der Waals surface area (Å²) in [5, 5.41) is 6.54. The van der Waals surface area contributed by atoms with E-state index < -0.39 is 68.9 Å². The number of likely N-dealkylation sites (tertiary alicyclic amines) is 1. The quantitative estimate of drug-likeness (QED) is 0.243. The first-order chi connectivity index (χ1) is 25.4. The lowest BCUT2D eigenvalue weighted by Gasteiger charge is -2.36. The lowest BCUT2D eigenvalue weighted by atomic mass is 9.85. The molecule has 1 aromatic carbocycles. The van der Waals surface area contributed by atoms with Crippen LogP contribution in [-0.2, 0) is 33.6 Å². The largest absolute Gasteiger partial charge is 0.488 e. The van der Waals surface area contributed by atoms with Gasteiger partial charge in [0.1, 0.15) is 35.6 Å². The van der Waals surface area contributed by atoms with Crippen LogP contribution in [0.15, 0.2) is 24.3 Å². The van der Waals surface area contributed by atoms with Gasteiger partial charge in [-0.15, -0.1) is 0 Å². The maximum absolute atomic E-state index is 14.6. The van der Waals surface area contributed by atoms with Crippen LogP contribution in [0.1, 0.15) is 92.9 Å². The Kier molecular flexibility index (Phi) is 11.0. The molecule has 0 radical (unpaired) electrons. The van der Waals surface area contributed by atoms with Gasteiger partial charge in [-0.3, -0.25) is 14.4 Å². The van der Waals surface area contributed by atoms with Crippen molar-refractivity contribution in [3.8, 4) is 11.6 Å². The highest BCUT2D eigenvalue weighted by atomic mass is 35.5. The second-order valence-electron chi connectivity index (χ2n) is 16.1. The van der Waals surface area contributed by atoms with Crippen LogP contribution in [0, 0.1) is 11.3 Å². The van der Waals surface area contributed by atoms with E-state index in [1.807, 2.05) is 18.6 Å². The summed E-state index contributed by atoms with van der Waals surface area (Å²) < 4.78 is 50.5. The number of nitrogens with one attached hydrogen (secondary N) is 3. The molecule has 2 aromatic rings. The molecule has 4 aliphatic rings. The van der Waals surface area contributed by atoms with Gasteiger partial charge in [-0.2, -0.15) is 8.42 Å². The second kappa shape index (κ2) is 15.0. The van der Waals surface area contributed by atoms with Crippen LogP contribution in [0.2, 0.25) is 5.02 Å². The molecule has 3 aliphatic carbocycles. The van der Waals surface area contributed by atoms with E-state index in [0.717, 1.165) is 19.3 Å². The van der Waals surface area contributed by atoms with Crippen molar-refractivity contribution >= 4 is 56.6 Å². The molecule has 3 N–H and O–H groups in total. The van der Waals surface area contributed by atoms with Crippen molar-refractivity contribution in [2.24, 2.45) is 11.3 Å². The number of carbonyl (C=O) groups excluding carboxylic acids is 4. The van der Waals surface area contributed by atoms with Crippen molar-refractivity contribution in [1.82, 2.24) is 25.2 Å². The van der Waals surface area contributed by atoms with Crippen LogP contribution >= 0.6 is 11.6 Å². The van der Waals surface area contributed by atoms with E-state index in [0.29, 0.717) is 47.5 Å². The van der Waals surface area contributed by atoms with E-state index in [1.54, 1.807) is 52.0 Å². The molecule has 1 saturated heterocycles. The molecule has 0 spiro atoms. The van der Waals surface area contributed by atoms with Gasteiger partial charge >= 0.3 is 16.4 Å². The number of benzene rings is 1. The third-order valence-corrected chi connectivity index (χ3v) is 12.1. The fraction of sp³-hybridized carbons (Fsp3) is 0.649. The van der Waals surface area contributed by atoms with Gasteiger partial charge in [0.15, 0.2) is 0 Å². The van der Waals surface area contributed by atoms with Crippen molar-refractivity contribution in [3.63, 3.8) is 0 Å².